The Morgan fingerprint density at radius 2 is 1.35 bits per heavy atom. The fourth-order valence-electron chi connectivity index (χ4n) is 3.48. The van der Waals surface area contributed by atoms with Gasteiger partial charge < -0.3 is 4.74 Å². The summed E-state index contributed by atoms with van der Waals surface area (Å²) in [5.74, 6) is -0.480. The second-order valence-corrected chi connectivity index (χ2v) is 9.20. The van der Waals surface area contributed by atoms with E-state index in [0.29, 0.717) is 12.2 Å². The van der Waals surface area contributed by atoms with Gasteiger partial charge in [0.2, 0.25) is 0 Å². The first kappa shape index (κ1) is 27.6. The molecule has 6 nitrogen and oxygen atoms in total. The van der Waals surface area contributed by atoms with Gasteiger partial charge in [-0.15, -0.1) is 0 Å². The fraction of sp³-hybridized carbons (Fsp3) is 0.708. The van der Waals surface area contributed by atoms with Gasteiger partial charge >= 0.3 is 16.4 Å². The van der Waals surface area contributed by atoms with E-state index in [2.05, 4.69) is 18.0 Å². The molecule has 0 bridgehead atoms. The summed E-state index contributed by atoms with van der Waals surface area (Å²) in [5.41, 5.74) is 1.18. The van der Waals surface area contributed by atoms with Crippen LogP contribution in [0, 0.1) is 0 Å². The van der Waals surface area contributed by atoms with Crippen molar-refractivity contribution in [3.63, 3.8) is 0 Å². The molecule has 7 heteroatoms. The molecule has 0 heterocycles. The van der Waals surface area contributed by atoms with Crippen molar-refractivity contribution < 1.29 is 26.7 Å². The largest absolute Gasteiger partial charge is 0.425 e. The van der Waals surface area contributed by atoms with Crippen LogP contribution in [0.4, 0.5) is 0 Å². The van der Waals surface area contributed by atoms with Crippen molar-refractivity contribution in [2.75, 3.05) is 0 Å². The highest BCUT2D eigenvalue weighted by Gasteiger charge is 2.26. The van der Waals surface area contributed by atoms with Crippen molar-refractivity contribution in [2.45, 2.75) is 110 Å². The van der Waals surface area contributed by atoms with E-state index in [1.54, 1.807) is 12.1 Å². The first-order valence-corrected chi connectivity index (χ1v) is 13.2. The molecule has 0 aliphatic heterocycles. The zero-order valence-electron chi connectivity index (χ0n) is 19.2. The van der Waals surface area contributed by atoms with E-state index in [-0.39, 0.29) is 6.42 Å². The number of carbonyl (C=O) groups is 1. The number of benzene rings is 1. The SMILES string of the molecule is CCCCCCCCCCc1ccc(OC(=O)C(CCCCCC)OS(=O)(=O)O)cc1. The molecule has 0 aliphatic rings. The van der Waals surface area contributed by atoms with Crippen LogP contribution in [0.5, 0.6) is 5.75 Å². The average molecular weight is 457 g/mol. The highest BCUT2D eigenvalue weighted by molar-refractivity contribution is 7.80. The van der Waals surface area contributed by atoms with E-state index in [1.165, 1.54) is 50.5 Å². The predicted molar refractivity (Wildman–Crippen MR) is 124 cm³/mol. The zero-order chi connectivity index (χ0) is 23.0. The maximum absolute atomic E-state index is 12.4. The van der Waals surface area contributed by atoms with Gasteiger partial charge in [0.05, 0.1) is 0 Å². The molecule has 0 saturated carbocycles. The fourth-order valence-corrected chi connectivity index (χ4v) is 3.95. The number of unbranched alkanes of at least 4 members (excludes halogenated alkanes) is 10. The van der Waals surface area contributed by atoms with Gasteiger partial charge in [0, 0.05) is 0 Å². The van der Waals surface area contributed by atoms with E-state index in [9.17, 15) is 13.2 Å². The lowest BCUT2D eigenvalue weighted by atomic mass is 10.0. The maximum Gasteiger partial charge on any atom is 0.398 e. The Morgan fingerprint density at radius 1 is 0.839 bits per heavy atom. The van der Waals surface area contributed by atoms with Crippen molar-refractivity contribution in [1.82, 2.24) is 0 Å². The number of esters is 1. The first-order chi connectivity index (χ1) is 14.9. The van der Waals surface area contributed by atoms with Crippen LogP contribution in [-0.4, -0.2) is 25.0 Å². The Hall–Kier alpha value is -1.44. The number of aryl methyl sites for hydroxylation is 1. The molecule has 0 aromatic heterocycles. The number of rotatable bonds is 18. The maximum atomic E-state index is 12.4. The Labute approximate surface area is 188 Å². The second kappa shape index (κ2) is 16.2. The highest BCUT2D eigenvalue weighted by Crippen LogP contribution is 2.18. The molecular formula is C24H40O6S. The Morgan fingerprint density at radius 3 is 1.90 bits per heavy atom. The third-order valence-electron chi connectivity index (χ3n) is 5.28. The van der Waals surface area contributed by atoms with E-state index >= 15 is 0 Å². The Balaban J connectivity index is 2.43. The van der Waals surface area contributed by atoms with Gasteiger partial charge in [0.1, 0.15) is 5.75 Å². The van der Waals surface area contributed by atoms with Crippen LogP contribution in [0.3, 0.4) is 0 Å². The molecule has 0 fully saturated rings. The van der Waals surface area contributed by atoms with Crippen molar-refractivity contribution >= 4 is 16.4 Å². The first-order valence-electron chi connectivity index (χ1n) is 11.8. The molecule has 178 valence electrons. The molecule has 1 atom stereocenters. The number of carbonyl (C=O) groups excluding carboxylic acids is 1. The predicted octanol–water partition coefficient (Wildman–Crippen LogP) is 6.43. The topological polar surface area (TPSA) is 89.9 Å². The molecule has 0 radical (unpaired) electrons. The van der Waals surface area contributed by atoms with E-state index < -0.39 is 22.5 Å². The highest BCUT2D eigenvalue weighted by atomic mass is 32.3. The minimum Gasteiger partial charge on any atom is -0.425 e. The van der Waals surface area contributed by atoms with Crippen LogP contribution in [0.1, 0.15) is 103 Å². The zero-order valence-corrected chi connectivity index (χ0v) is 20.0. The van der Waals surface area contributed by atoms with Crippen molar-refractivity contribution in [2.24, 2.45) is 0 Å². The summed E-state index contributed by atoms with van der Waals surface area (Å²) in [7, 11) is -4.73. The van der Waals surface area contributed by atoms with Crippen molar-refractivity contribution in [3.05, 3.63) is 29.8 Å². The number of hydrogen-bond acceptors (Lipinski definition) is 5. The van der Waals surface area contributed by atoms with E-state index in [1.807, 2.05) is 12.1 Å². The lowest BCUT2D eigenvalue weighted by molar-refractivity contribution is -0.142. The van der Waals surface area contributed by atoms with Gasteiger partial charge in [0.15, 0.2) is 6.10 Å². The summed E-state index contributed by atoms with van der Waals surface area (Å²) in [6.07, 6.45) is 13.5. The molecule has 0 spiro atoms. The summed E-state index contributed by atoms with van der Waals surface area (Å²) < 4.78 is 40.9. The van der Waals surface area contributed by atoms with E-state index in [0.717, 1.165) is 32.1 Å². The molecule has 31 heavy (non-hydrogen) atoms. The Bertz CT molecular complexity index is 699. The normalized spacial score (nSPS) is 12.6. The quantitative estimate of drug-likeness (QED) is 0.118. The van der Waals surface area contributed by atoms with Gasteiger partial charge in [-0.25, -0.2) is 8.98 Å². The second-order valence-electron chi connectivity index (χ2n) is 8.15. The third-order valence-corrected chi connectivity index (χ3v) is 5.76. The van der Waals surface area contributed by atoms with Crippen LogP contribution in [0.25, 0.3) is 0 Å². The summed E-state index contributed by atoms with van der Waals surface area (Å²) in [6.45, 7) is 4.28. The number of ether oxygens (including phenoxy) is 1. The minimum absolute atomic E-state index is 0.176. The van der Waals surface area contributed by atoms with Crippen molar-refractivity contribution in [1.29, 1.82) is 0 Å². The minimum atomic E-state index is -4.73. The average Bonchev–Trinajstić information content (AvgIpc) is 2.72. The van der Waals surface area contributed by atoms with E-state index in [4.69, 9.17) is 9.29 Å². The Kier molecular flexibility index (Phi) is 14.4. The molecular weight excluding hydrogens is 416 g/mol. The molecule has 1 aromatic rings. The lowest BCUT2D eigenvalue weighted by Gasteiger charge is -2.14. The summed E-state index contributed by atoms with van der Waals surface area (Å²) in [5, 5.41) is 0. The number of hydrogen-bond donors (Lipinski definition) is 1. The van der Waals surface area contributed by atoms with Crippen LogP contribution in [-0.2, 0) is 25.8 Å². The molecule has 1 aromatic carbocycles. The van der Waals surface area contributed by atoms with Gasteiger partial charge in [-0.05, 0) is 37.0 Å². The monoisotopic (exact) mass is 456 g/mol. The summed E-state index contributed by atoms with van der Waals surface area (Å²) in [6, 6.07) is 7.26. The van der Waals surface area contributed by atoms with Gasteiger partial charge in [-0.2, -0.15) is 8.42 Å². The smallest absolute Gasteiger partial charge is 0.398 e. The summed E-state index contributed by atoms with van der Waals surface area (Å²) in [4.78, 5) is 12.4. The molecule has 1 rings (SSSR count). The molecule has 0 amide bonds. The third kappa shape index (κ3) is 14.3. The standard InChI is InChI=1S/C24H40O6S/c1-3-5-7-9-10-11-12-13-15-21-17-19-22(20-18-21)29-24(25)23(30-31(26,27)28)16-14-8-6-4-2/h17-20,23H,3-16H2,1-2H3,(H,26,27,28). The van der Waals surface area contributed by atoms with Crippen LogP contribution >= 0.6 is 0 Å². The lowest BCUT2D eigenvalue weighted by Crippen LogP contribution is -2.31. The molecule has 1 N–H and O–H groups in total. The summed E-state index contributed by atoms with van der Waals surface area (Å²) >= 11 is 0. The van der Waals surface area contributed by atoms with Gasteiger partial charge in [-0.3, -0.25) is 4.55 Å². The molecule has 0 aliphatic carbocycles. The van der Waals surface area contributed by atoms with Crippen molar-refractivity contribution in [3.8, 4) is 5.75 Å². The van der Waals surface area contributed by atoms with Crippen LogP contribution in [0.2, 0.25) is 0 Å². The molecule has 0 saturated heterocycles. The van der Waals surface area contributed by atoms with Crippen LogP contribution in [0.15, 0.2) is 24.3 Å². The molecule has 1 unspecified atom stereocenters. The van der Waals surface area contributed by atoms with Gasteiger partial charge in [0.25, 0.3) is 0 Å². The van der Waals surface area contributed by atoms with Gasteiger partial charge in [-0.1, -0.05) is 96.6 Å². The van der Waals surface area contributed by atoms with Crippen LogP contribution < -0.4 is 4.74 Å².